The molecule has 2 aliphatic rings. The van der Waals surface area contributed by atoms with Gasteiger partial charge in [0.2, 0.25) is 0 Å². The highest BCUT2D eigenvalue weighted by atomic mass is 16.6. The third-order valence-corrected chi connectivity index (χ3v) is 5.55. The summed E-state index contributed by atoms with van der Waals surface area (Å²) in [7, 11) is 0. The van der Waals surface area contributed by atoms with Crippen LogP contribution in [0.2, 0.25) is 0 Å². The Morgan fingerprint density at radius 1 is 1.23 bits per heavy atom. The predicted molar refractivity (Wildman–Crippen MR) is 84.8 cm³/mol. The Balaban J connectivity index is 1.34. The summed E-state index contributed by atoms with van der Waals surface area (Å²) in [6, 6.07) is 13.9. The van der Waals surface area contributed by atoms with Gasteiger partial charge in [0.15, 0.2) is 6.61 Å². The van der Waals surface area contributed by atoms with Crippen molar-refractivity contribution in [3.05, 3.63) is 42.5 Å². The molecule has 114 valence electrons. The molecule has 3 nitrogen and oxygen atoms in total. The Bertz CT molecular complexity index is 723. The molecule has 0 N–H and O–H groups in total. The molecule has 2 aromatic carbocycles. The summed E-state index contributed by atoms with van der Waals surface area (Å²) in [5.74, 6) is 1.22. The summed E-state index contributed by atoms with van der Waals surface area (Å²) in [6.07, 6.45) is 3.59. The molecule has 0 spiro atoms. The average Bonchev–Trinajstić information content (AvgIpc) is 2.55. The van der Waals surface area contributed by atoms with Crippen LogP contribution in [-0.4, -0.2) is 18.7 Å². The topological polar surface area (TPSA) is 35.5 Å². The molecular formula is C19H20O3. The summed E-state index contributed by atoms with van der Waals surface area (Å²) < 4.78 is 11.2. The average molecular weight is 296 g/mol. The van der Waals surface area contributed by atoms with Crippen LogP contribution in [0.1, 0.15) is 26.2 Å². The highest BCUT2D eigenvalue weighted by Crippen LogP contribution is 2.61. The van der Waals surface area contributed by atoms with Crippen LogP contribution in [0.5, 0.6) is 5.75 Å². The molecule has 0 unspecified atom stereocenters. The van der Waals surface area contributed by atoms with Gasteiger partial charge in [-0.25, -0.2) is 4.79 Å². The molecule has 3 heteroatoms. The van der Waals surface area contributed by atoms with Crippen LogP contribution in [-0.2, 0) is 9.53 Å². The molecule has 0 aliphatic heterocycles. The van der Waals surface area contributed by atoms with Gasteiger partial charge in [-0.1, -0.05) is 37.3 Å². The lowest BCUT2D eigenvalue weighted by Gasteiger charge is -2.61. The first-order valence-electron chi connectivity index (χ1n) is 7.96. The van der Waals surface area contributed by atoms with Crippen LogP contribution >= 0.6 is 0 Å². The predicted octanol–water partition coefficient (Wildman–Crippen LogP) is 3.95. The van der Waals surface area contributed by atoms with Crippen LogP contribution in [0, 0.1) is 11.3 Å². The molecule has 22 heavy (non-hydrogen) atoms. The van der Waals surface area contributed by atoms with Crippen molar-refractivity contribution in [2.45, 2.75) is 32.3 Å². The highest BCUT2D eigenvalue weighted by Gasteiger charge is 2.59. The number of hydrogen-bond acceptors (Lipinski definition) is 3. The second-order valence-electron chi connectivity index (χ2n) is 6.75. The SMILES string of the molecule is C[C@]12CC[C@H]1C[C@H]2OC(=O)COc1ccc2ccccc2c1. The Morgan fingerprint density at radius 3 is 2.73 bits per heavy atom. The van der Waals surface area contributed by atoms with E-state index < -0.39 is 0 Å². The number of ether oxygens (including phenoxy) is 2. The van der Waals surface area contributed by atoms with Crippen LogP contribution in [0.25, 0.3) is 10.8 Å². The number of esters is 1. The van der Waals surface area contributed by atoms with Gasteiger partial charge >= 0.3 is 5.97 Å². The molecule has 2 fully saturated rings. The Morgan fingerprint density at radius 2 is 2.05 bits per heavy atom. The van der Waals surface area contributed by atoms with Crippen molar-refractivity contribution >= 4 is 16.7 Å². The summed E-state index contributed by atoms with van der Waals surface area (Å²) in [5, 5.41) is 2.27. The lowest BCUT2D eigenvalue weighted by atomic mass is 9.47. The lowest BCUT2D eigenvalue weighted by molar-refractivity contribution is -0.209. The normalized spacial score (nSPS) is 29.1. The smallest absolute Gasteiger partial charge is 0.344 e. The first-order valence-corrected chi connectivity index (χ1v) is 7.96. The van der Waals surface area contributed by atoms with Crippen LogP contribution in [0.3, 0.4) is 0 Å². The number of benzene rings is 2. The second-order valence-corrected chi connectivity index (χ2v) is 6.75. The fraction of sp³-hybridized carbons (Fsp3) is 0.421. The van der Waals surface area contributed by atoms with E-state index in [0.29, 0.717) is 5.75 Å². The summed E-state index contributed by atoms with van der Waals surface area (Å²) in [6.45, 7) is 2.21. The zero-order chi connectivity index (χ0) is 15.2. The highest BCUT2D eigenvalue weighted by molar-refractivity contribution is 5.83. The fourth-order valence-electron chi connectivity index (χ4n) is 3.76. The van der Waals surface area contributed by atoms with E-state index in [0.717, 1.165) is 23.1 Å². The van der Waals surface area contributed by atoms with Crippen molar-refractivity contribution in [2.75, 3.05) is 6.61 Å². The minimum absolute atomic E-state index is 0.0183. The monoisotopic (exact) mass is 296 g/mol. The third-order valence-electron chi connectivity index (χ3n) is 5.55. The van der Waals surface area contributed by atoms with E-state index in [9.17, 15) is 4.79 Å². The van der Waals surface area contributed by atoms with Crippen molar-refractivity contribution in [3.8, 4) is 5.75 Å². The van der Waals surface area contributed by atoms with Gasteiger partial charge in [0.05, 0.1) is 0 Å². The minimum atomic E-state index is -0.260. The van der Waals surface area contributed by atoms with Gasteiger partial charge < -0.3 is 9.47 Å². The maximum Gasteiger partial charge on any atom is 0.344 e. The van der Waals surface area contributed by atoms with Gasteiger partial charge in [-0.3, -0.25) is 0 Å². The number of carbonyl (C=O) groups is 1. The Kier molecular flexibility index (Phi) is 3.10. The zero-order valence-electron chi connectivity index (χ0n) is 12.7. The first kappa shape index (κ1) is 13.6. The lowest BCUT2D eigenvalue weighted by Crippen LogP contribution is -2.59. The van der Waals surface area contributed by atoms with E-state index in [2.05, 4.69) is 13.0 Å². The molecular weight excluding hydrogens is 276 g/mol. The molecule has 2 aromatic rings. The van der Waals surface area contributed by atoms with E-state index in [-0.39, 0.29) is 24.1 Å². The number of hydrogen-bond donors (Lipinski definition) is 0. The molecule has 0 saturated heterocycles. The summed E-state index contributed by atoms with van der Waals surface area (Å²) >= 11 is 0. The van der Waals surface area contributed by atoms with Gasteiger partial charge in [-0.15, -0.1) is 0 Å². The Labute approximate surface area is 130 Å². The van der Waals surface area contributed by atoms with Crippen LogP contribution in [0.4, 0.5) is 0 Å². The minimum Gasteiger partial charge on any atom is -0.482 e. The standard InChI is InChI=1S/C19H20O3/c1-19-9-8-15(19)11-17(19)22-18(20)12-21-16-7-6-13-4-2-3-5-14(13)10-16/h2-7,10,15,17H,8-9,11-12H2,1H3/t15-,17+,19-/m0/s1. The van der Waals surface area contributed by atoms with Crippen molar-refractivity contribution < 1.29 is 14.3 Å². The molecule has 2 aliphatic carbocycles. The van der Waals surface area contributed by atoms with Crippen LogP contribution in [0.15, 0.2) is 42.5 Å². The van der Waals surface area contributed by atoms with Gasteiger partial charge in [0.25, 0.3) is 0 Å². The fourth-order valence-corrected chi connectivity index (χ4v) is 3.76. The van der Waals surface area contributed by atoms with E-state index in [4.69, 9.17) is 9.47 Å². The van der Waals surface area contributed by atoms with Gasteiger partial charge in [-0.2, -0.15) is 0 Å². The maximum absolute atomic E-state index is 12.0. The van der Waals surface area contributed by atoms with E-state index >= 15 is 0 Å². The third kappa shape index (κ3) is 2.16. The number of fused-ring (bicyclic) bond motifs is 2. The quantitative estimate of drug-likeness (QED) is 0.801. The molecule has 3 atom stereocenters. The van der Waals surface area contributed by atoms with Crippen LogP contribution < -0.4 is 4.74 Å². The van der Waals surface area contributed by atoms with Gasteiger partial charge in [0.1, 0.15) is 11.9 Å². The zero-order valence-corrected chi connectivity index (χ0v) is 12.7. The van der Waals surface area contributed by atoms with E-state index in [1.165, 1.54) is 12.8 Å². The molecule has 4 rings (SSSR count). The molecule has 0 aromatic heterocycles. The van der Waals surface area contributed by atoms with E-state index in [1.54, 1.807) is 0 Å². The molecule has 0 heterocycles. The second kappa shape index (κ2) is 5.01. The Hall–Kier alpha value is -2.03. The van der Waals surface area contributed by atoms with Gasteiger partial charge in [0, 0.05) is 5.41 Å². The molecule has 0 bridgehead atoms. The van der Waals surface area contributed by atoms with Crippen molar-refractivity contribution in [2.24, 2.45) is 11.3 Å². The molecule has 2 saturated carbocycles. The molecule has 0 amide bonds. The van der Waals surface area contributed by atoms with Crippen molar-refractivity contribution in [1.29, 1.82) is 0 Å². The largest absolute Gasteiger partial charge is 0.482 e. The van der Waals surface area contributed by atoms with Gasteiger partial charge in [-0.05, 0) is 48.1 Å². The summed E-state index contributed by atoms with van der Waals surface area (Å²) in [5.41, 5.74) is 0.249. The number of carbonyl (C=O) groups excluding carboxylic acids is 1. The number of rotatable bonds is 4. The maximum atomic E-state index is 12.0. The first-order chi connectivity index (χ1) is 10.6. The summed E-state index contributed by atoms with van der Waals surface area (Å²) in [4.78, 5) is 12.0. The van der Waals surface area contributed by atoms with Crippen molar-refractivity contribution in [3.63, 3.8) is 0 Å². The molecule has 0 radical (unpaired) electrons. The van der Waals surface area contributed by atoms with E-state index in [1.807, 2.05) is 36.4 Å². The van der Waals surface area contributed by atoms with Crippen molar-refractivity contribution in [1.82, 2.24) is 0 Å².